The Labute approximate surface area is 88.8 Å². The van der Waals surface area contributed by atoms with Crippen molar-refractivity contribution in [3.63, 3.8) is 0 Å². The zero-order chi connectivity index (χ0) is 11.1. The number of carbonyl (C=O) groups excluding carboxylic acids is 2. The SMILES string of the molecule is COC(=O)[C@]12C=CC(=O)C1CC=C[C@H]2C. The number of hydrogen-bond acceptors (Lipinski definition) is 3. The molecular weight excluding hydrogens is 192 g/mol. The lowest BCUT2D eigenvalue weighted by atomic mass is 9.65. The maximum atomic E-state index is 11.9. The highest BCUT2D eigenvalue weighted by Crippen LogP contribution is 2.48. The molecular formula is C12H14O3. The molecule has 0 radical (unpaired) electrons. The Hall–Kier alpha value is -1.38. The van der Waals surface area contributed by atoms with Gasteiger partial charge >= 0.3 is 5.97 Å². The Morgan fingerprint density at radius 1 is 1.60 bits per heavy atom. The Kier molecular flexibility index (Phi) is 2.25. The highest BCUT2D eigenvalue weighted by atomic mass is 16.5. The summed E-state index contributed by atoms with van der Waals surface area (Å²) in [7, 11) is 1.37. The van der Waals surface area contributed by atoms with Crippen molar-refractivity contribution in [2.45, 2.75) is 13.3 Å². The summed E-state index contributed by atoms with van der Waals surface area (Å²) in [6.07, 6.45) is 7.83. The van der Waals surface area contributed by atoms with Crippen molar-refractivity contribution >= 4 is 11.8 Å². The van der Waals surface area contributed by atoms with Crippen LogP contribution in [0.15, 0.2) is 24.3 Å². The first-order valence-electron chi connectivity index (χ1n) is 5.11. The van der Waals surface area contributed by atoms with Crippen molar-refractivity contribution in [2.24, 2.45) is 17.3 Å². The lowest BCUT2D eigenvalue weighted by molar-refractivity contribution is -0.156. The van der Waals surface area contributed by atoms with Crippen molar-refractivity contribution in [3.8, 4) is 0 Å². The molecule has 0 amide bonds. The minimum absolute atomic E-state index is 0.0198. The van der Waals surface area contributed by atoms with E-state index in [-0.39, 0.29) is 23.6 Å². The lowest BCUT2D eigenvalue weighted by Crippen LogP contribution is -2.44. The topological polar surface area (TPSA) is 43.4 Å². The smallest absolute Gasteiger partial charge is 0.317 e. The van der Waals surface area contributed by atoms with E-state index in [4.69, 9.17) is 4.74 Å². The number of carbonyl (C=O) groups is 2. The van der Waals surface area contributed by atoms with Crippen LogP contribution in [0.2, 0.25) is 0 Å². The van der Waals surface area contributed by atoms with Crippen LogP contribution in [-0.4, -0.2) is 18.9 Å². The van der Waals surface area contributed by atoms with Gasteiger partial charge in [-0.25, -0.2) is 0 Å². The first-order chi connectivity index (χ1) is 7.13. The van der Waals surface area contributed by atoms with Gasteiger partial charge in [-0.15, -0.1) is 0 Å². The molecule has 0 aromatic heterocycles. The number of ether oxygens (including phenoxy) is 1. The second-order valence-corrected chi connectivity index (χ2v) is 4.17. The highest BCUT2D eigenvalue weighted by Gasteiger charge is 2.54. The van der Waals surface area contributed by atoms with Crippen molar-refractivity contribution in [2.75, 3.05) is 7.11 Å². The average Bonchev–Trinajstić information content (AvgIpc) is 2.58. The van der Waals surface area contributed by atoms with Crippen LogP contribution < -0.4 is 0 Å². The van der Waals surface area contributed by atoms with Gasteiger partial charge in [-0.1, -0.05) is 25.2 Å². The first kappa shape index (κ1) is 10.1. The van der Waals surface area contributed by atoms with Crippen molar-refractivity contribution in [1.82, 2.24) is 0 Å². The summed E-state index contributed by atoms with van der Waals surface area (Å²) in [5.41, 5.74) is -0.749. The van der Waals surface area contributed by atoms with Gasteiger partial charge in [-0.2, -0.15) is 0 Å². The van der Waals surface area contributed by atoms with Gasteiger partial charge < -0.3 is 4.74 Å². The molecule has 0 saturated carbocycles. The van der Waals surface area contributed by atoms with Gasteiger partial charge in [0, 0.05) is 5.92 Å². The molecule has 0 spiro atoms. The van der Waals surface area contributed by atoms with E-state index in [1.807, 2.05) is 19.1 Å². The second kappa shape index (κ2) is 3.33. The van der Waals surface area contributed by atoms with Gasteiger partial charge in [0.05, 0.1) is 7.11 Å². The molecule has 3 nitrogen and oxygen atoms in total. The van der Waals surface area contributed by atoms with Crippen LogP contribution in [0.1, 0.15) is 13.3 Å². The van der Waals surface area contributed by atoms with Gasteiger partial charge in [-0.3, -0.25) is 9.59 Å². The van der Waals surface area contributed by atoms with Gasteiger partial charge in [-0.05, 0) is 18.4 Å². The number of ketones is 1. The zero-order valence-electron chi connectivity index (χ0n) is 8.90. The molecule has 0 bridgehead atoms. The Bertz CT molecular complexity index is 367. The summed E-state index contributed by atoms with van der Waals surface area (Å²) in [5.74, 6) is -0.501. The monoisotopic (exact) mass is 206 g/mol. The molecule has 3 atom stereocenters. The van der Waals surface area contributed by atoms with Crippen LogP contribution in [0.4, 0.5) is 0 Å². The third-order valence-corrected chi connectivity index (χ3v) is 3.53. The molecule has 2 rings (SSSR count). The molecule has 0 saturated heterocycles. The fourth-order valence-electron chi connectivity index (χ4n) is 2.62. The third kappa shape index (κ3) is 1.19. The van der Waals surface area contributed by atoms with Crippen LogP contribution in [0.25, 0.3) is 0 Å². The summed E-state index contributed by atoms with van der Waals surface area (Å²) in [4.78, 5) is 23.5. The van der Waals surface area contributed by atoms with Crippen molar-refractivity contribution in [1.29, 1.82) is 0 Å². The maximum absolute atomic E-state index is 11.9. The summed E-state index contributed by atoms with van der Waals surface area (Å²) in [5, 5.41) is 0. The summed E-state index contributed by atoms with van der Waals surface area (Å²) in [6.45, 7) is 1.95. The molecule has 80 valence electrons. The molecule has 3 heteroatoms. The molecule has 15 heavy (non-hydrogen) atoms. The second-order valence-electron chi connectivity index (χ2n) is 4.17. The predicted octanol–water partition coefficient (Wildman–Crippen LogP) is 1.50. The van der Waals surface area contributed by atoms with Crippen LogP contribution in [0.5, 0.6) is 0 Å². The summed E-state index contributed by atoms with van der Waals surface area (Å²) < 4.78 is 4.84. The first-order valence-corrected chi connectivity index (χ1v) is 5.11. The Morgan fingerprint density at radius 2 is 2.33 bits per heavy atom. The minimum Gasteiger partial charge on any atom is -0.468 e. The van der Waals surface area contributed by atoms with Gasteiger partial charge in [0.1, 0.15) is 5.41 Å². The standard InChI is InChI=1S/C12H14O3/c1-8-4-3-5-9-10(13)6-7-12(8,9)11(14)15-2/h3-4,6-9H,5H2,1-2H3/t8-,9?,12+/m1/s1. The molecule has 2 aliphatic carbocycles. The molecule has 0 aromatic rings. The molecule has 0 aliphatic heterocycles. The quantitative estimate of drug-likeness (QED) is 0.482. The Morgan fingerprint density at radius 3 is 3.00 bits per heavy atom. The van der Waals surface area contributed by atoms with Gasteiger partial charge in [0.15, 0.2) is 5.78 Å². The minimum atomic E-state index is -0.749. The number of rotatable bonds is 1. The fraction of sp³-hybridized carbons (Fsp3) is 0.500. The number of methoxy groups -OCH3 is 1. The van der Waals surface area contributed by atoms with Crippen molar-refractivity contribution in [3.05, 3.63) is 24.3 Å². The Balaban J connectivity index is 2.48. The maximum Gasteiger partial charge on any atom is 0.317 e. The van der Waals surface area contributed by atoms with E-state index in [0.29, 0.717) is 6.42 Å². The van der Waals surface area contributed by atoms with Crippen LogP contribution >= 0.6 is 0 Å². The molecule has 0 aromatic carbocycles. The molecule has 0 heterocycles. The lowest BCUT2D eigenvalue weighted by Gasteiger charge is -2.37. The number of hydrogen-bond donors (Lipinski definition) is 0. The number of allylic oxidation sites excluding steroid dienone is 3. The third-order valence-electron chi connectivity index (χ3n) is 3.53. The van der Waals surface area contributed by atoms with E-state index in [0.717, 1.165) is 0 Å². The van der Waals surface area contributed by atoms with Crippen LogP contribution in [-0.2, 0) is 14.3 Å². The fourth-order valence-corrected chi connectivity index (χ4v) is 2.62. The van der Waals surface area contributed by atoms with Gasteiger partial charge in [0.2, 0.25) is 0 Å². The van der Waals surface area contributed by atoms with Crippen molar-refractivity contribution < 1.29 is 14.3 Å². The van der Waals surface area contributed by atoms with Crippen LogP contribution in [0.3, 0.4) is 0 Å². The largest absolute Gasteiger partial charge is 0.468 e. The van der Waals surface area contributed by atoms with E-state index in [1.54, 1.807) is 6.08 Å². The van der Waals surface area contributed by atoms with Gasteiger partial charge in [0.25, 0.3) is 0 Å². The van der Waals surface area contributed by atoms with E-state index >= 15 is 0 Å². The van der Waals surface area contributed by atoms with E-state index in [9.17, 15) is 9.59 Å². The highest BCUT2D eigenvalue weighted by molar-refractivity contribution is 6.02. The van der Waals surface area contributed by atoms with E-state index < -0.39 is 5.41 Å². The predicted molar refractivity (Wildman–Crippen MR) is 55.0 cm³/mol. The molecule has 2 aliphatic rings. The summed E-state index contributed by atoms with van der Waals surface area (Å²) in [6, 6.07) is 0. The zero-order valence-corrected chi connectivity index (χ0v) is 8.90. The summed E-state index contributed by atoms with van der Waals surface area (Å²) >= 11 is 0. The number of esters is 1. The van der Waals surface area contributed by atoms with E-state index in [1.165, 1.54) is 13.2 Å². The normalized spacial score (nSPS) is 37.9. The van der Waals surface area contributed by atoms with E-state index in [2.05, 4.69) is 0 Å². The number of fused-ring (bicyclic) bond motifs is 1. The molecule has 1 unspecified atom stereocenters. The average molecular weight is 206 g/mol. The molecule has 0 fully saturated rings. The molecule has 0 N–H and O–H groups in total. The van der Waals surface area contributed by atoms with Crippen LogP contribution in [0, 0.1) is 17.3 Å².